The molecule has 1 unspecified atom stereocenters. The first-order valence-electron chi connectivity index (χ1n) is 6.42. The summed E-state index contributed by atoms with van der Waals surface area (Å²) in [7, 11) is 0. The van der Waals surface area contributed by atoms with Gasteiger partial charge in [0.2, 0.25) is 0 Å². The van der Waals surface area contributed by atoms with E-state index in [1.165, 1.54) is 16.7 Å². The van der Waals surface area contributed by atoms with Crippen LogP contribution in [0.4, 0.5) is 4.79 Å². The van der Waals surface area contributed by atoms with Crippen molar-refractivity contribution in [3.8, 4) is 0 Å². The lowest BCUT2D eigenvalue weighted by molar-refractivity contribution is -0.140. The topological polar surface area (TPSA) is 78.9 Å². The number of carboxylic acid groups (broad SMARTS) is 1. The number of rotatable bonds is 6. The first-order chi connectivity index (χ1) is 8.97. The van der Waals surface area contributed by atoms with Crippen molar-refractivity contribution in [3.05, 3.63) is 0 Å². The highest BCUT2D eigenvalue weighted by Gasteiger charge is 2.35. The van der Waals surface area contributed by atoms with E-state index >= 15 is 0 Å². The van der Waals surface area contributed by atoms with Crippen molar-refractivity contribution in [2.45, 2.75) is 32.9 Å². The van der Waals surface area contributed by atoms with Gasteiger partial charge in [-0.15, -0.1) is 11.8 Å². The highest BCUT2D eigenvalue weighted by atomic mass is 32.2. The Labute approximate surface area is 117 Å². The summed E-state index contributed by atoms with van der Waals surface area (Å²) in [5, 5.41) is 11.9. The smallest absolute Gasteiger partial charge is 0.327 e. The average molecular weight is 290 g/mol. The van der Waals surface area contributed by atoms with Crippen molar-refractivity contribution in [2.75, 3.05) is 24.8 Å². The summed E-state index contributed by atoms with van der Waals surface area (Å²) in [6.45, 7) is 6.93. The Balaban J connectivity index is 2.58. The number of hydrogen-bond acceptors (Lipinski definition) is 4. The molecule has 1 saturated heterocycles. The van der Waals surface area contributed by atoms with Crippen LogP contribution in [0.25, 0.3) is 0 Å². The molecule has 0 spiro atoms. The molecular formula is C12H22N2O4S. The lowest BCUT2D eigenvalue weighted by atomic mass is 10.1. The summed E-state index contributed by atoms with van der Waals surface area (Å²) in [6.07, 6.45) is 0. The fourth-order valence-corrected chi connectivity index (χ4v) is 2.88. The minimum absolute atomic E-state index is 0.104. The van der Waals surface area contributed by atoms with Crippen molar-refractivity contribution in [2.24, 2.45) is 5.92 Å². The molecule has 2 amide bonds. The predicted molar refractivity (Wildman–Crippen MR) is 74.2 cm³/mol. The van der Waals surface area contributed by atoms with Gasteiger partial charge in [0.05, 0.1) is 18.5 Å². The molecule has 110 valence electrons. The summed E-state index contributed by atoms with van der Waals surface area (Å²) in [4.78, 5) is 24.5. The molecule has 2 N–H and O–H groups in total. The number of ether oxygens (including phenoxy) is 1. The van der Waals surface area contributed by atoms with Gasteiger partial charge in [-0.2, -0.15) is 0 Å². The van der Waals surface area contributed by atoms with Crippen LogP contribution in [0.1, 0.15) is 20.8 Å². The van der Waals surface area contributed by atoms with Crippen molar-refractivity contribution in [1.82, 2.24) is 10.2 Å². The minimum Gasteiger partial charge on any atom is -0.480 e. The van der Waals surface area contributed by atoms with E-state index in [9.17, 15) is 9.59 Å². The van der Waals surface area contributed by atoms with E-state index in [1.54, 1.807) is 0 Å². The Morgan fingerprint density at radius 2 is 2.21 bits per heavy atom. The fraction of sp³-hybridized carbons (Fsp3) is 0.833. The number of carboxylic acids is 1. The summed E-state index contributed by atoms with van der Waals surface area (Å²) in [5.74, 6) is 0.142. The third-order valence-electron chi connectivity index (χ3n) is 3.04. The number of carbonyl (C=O) groups is 2. The molecule has 1 fully saturated rings. The van der Waals surface area contributed by atoms with E-state index in [0.717, 1.165) is 0 Å². The Kier molecular flexibility index (Phi) is 6.44. The monoisotopic (exact) mass is 290 g/mol. The van der Waals surface area contributed by atoms with E-state index in [4.69, 9.17) is 9.84 Å². The quantitative estimate of drug-likeness (QED) is 0.769. The van der Waals surface area contributed by atoms with Gasteiger partial charge in [-0.05, 0) is 12.8 Å². The maximum atomic E-state index is 12.1. The van der Waals surface area contributed by atoms with Crippen LogP contribution in [0.15, 0.2) is 0 Å². The number of carbonyl (C=O) groups excluding carboxylic acids is 1. The normalized spacial score (nSPS) is 20.6. The van der Waals surface area contributed by atoms with Crippen LogP contribution >= 0.6 is 11.8 Å². The van der Waals surface area contributed by atoms with Crippen molar-refractivity contribution in [3.63, 3.8) is 0 Å². The molecule has 1 heterocycles. The zero-order valence-corrected chi connectivity index (χ0v) is 12.4. The average Bonchev–Trinajstić information content (AvgIpc) is 2.83. The van der Waals surface area contributed by atoms with E-state index < -0.39 is 12.0 Å². The first kappa shape index (κ1) is 16.1. The molecule has 1 rings (SSSR count). The van der Waals surface area contributed by atoms with Crippen LogP contribution in [0.2, 0.25) is 0 Å². The van der Waals surface area contributed by atoms with Gasteiger partial charge in [0.15, 0.2) is 0 Å². The predicted octanol–water partition coefficient (Wildman–Crippen LogP) is 1.22. The van der Waals surface area contributed by atoms with Crippen molar-refractivity contribution < 1.29 is 19.4 Å². The van der Waals surface area contributed by atoms with Gasteiger partial charge in [0.25, 0.3) is 0 Å². The van der Waals surface area contributed by atoms with Gasteiger partial charge in [0.1, 0.15) is 6.04 Å². The third-order valence-corrected chi connectivity index (χ3v) is 4.06. The molecule has 0 aromatic heterocycles. The second-order valence-electron chi connectivity index (χ2n) is 4.78. The van der Waals surface area contributed by atoms with E-state index in [0.29, 0.717) is 24.8 Å². The second-order valence-corrected chi connectivity index (χ2v) is 5.78. The van der Waals surface area contributed by atoms with Gasteiger partial charge in [-0.1, -0.05) is 13.8 Å². The van der Waals surface area contributed by atoms with Gasteiger partial charge < -0.3 is 20.1 Å². The molecule has 0 aromatic carbocycles. The summed E-state index contributed by atoms with van der Waals surface area (Å²) >= 11 is 1.45. The lowest BCUT2D eigenvalue weighted by Crippen LogP contribution is -2.52. The van der Waals surface area contributed by atoms with Gasteiger partial charge in [-0.3, -0.25) is 0 Å². The first-order valence-corrected chi connectivity index (χ1v) is 7.58. The maximum Gasteiger partial charge on any atom is 0.327 e. The van der Waals surface area contributed by atoms with Crippen LogP contribution in [0.5, 0.6) is 0 Å². The van der Waals surface area contributed by atoms with Crippen LogP contribution in [-0.4, -0.2) is 58.9 Å². The van der Waals surface area contributed by atoms with Crippen molar-refractivity contribution >= 4 is 23.8 Å². The molecule has 0 aliphatic carbocycles. The Morgan fingerprint density at radius 1 is 1.53 bits per heavy atom. The van der Waals surface area contributed by atoms with Gasteiger partial charge >= 0.3 is 12.0 Å². The second kappa shape index (κ2) is 7.59. The van der Waals surface area contributed by atoms with E-state index in [1.807, 2.05) is 20.8 Å². The van der Waals surface area contributed by atoms with Crippen LogP contribution < -0.4 is 5.32 Å². The van der Waals surface area contributed by atoms with E-state index in [2.05, 4.69) is 5.32 Å². The zero-order valence-electron chi connectivity index (χ0n) is 11.6. The number of thioether (sulfide) groups is 1. The fourth-order valence-electron chi connectivity index (χ4n) is 1.73. The minimum atomic E-state index is -0.953. The highest BCUT2D eigenvalue weighted by molar-refractivity contribution is 7.99. The molecule has 1 aliphatic heterocycles. The number of amides is 2. The Bertz CT molecular complexity index is 325. The maximum absolute atomic E-state index is 12.1. The molecule has 0 radical (unpaired) electrons. The number of urea groups is 1. The summed E-state index contributed by atoms with van der Waals surface area (Å²) in [6, 6.07) is -1.16. The molecule has 7 heteroatoms. The number of nitrogens with zero attached hydrogens (tertiary/aromatic N) is 1. The summed E-state index contributed by atoms with van der Waals surface area (Å²) < 4.78 is 5.34. The molecule has 6 nitrogen and oxygen atoms in total. The molecule has 1 aliphatic rings. The molecular weight excluding hydrogens is 268 g/mol. The van der Waals surface area contributed by atoms with Gasteiger partial charge in [-0.25, -0.2) is 9.59 Å². The molecule has 0 bridgehead atoms. The van der Waals surface area contributed by atoms with Crippen LogP contribution in [0, 0.1) is 5.92 Å². The van der Waals surface area contributed by atoms with E-state index in [-0.39, 0.29) is 18.0 Å². The third kappa shape index (κ3) is 4.58. The number of nitrogens with one attached hydrogen (secondary N) is 1. The van der Waals surface area contributed by atoms with Crippen LogP contribution in [-0.2, 0) is 9.53 Å². The van der Waals surface area contributed by atoms with Crippen molar-refractivity contribution in [1.29, 1.82) is 0 Å². The largest absolute Gasteiger partial charge is 0.480 e. The molecule has 2 atom stereocenters. The Morgan fingerprint density at radius 3 is 2.74 bits per heavy atom. The number of aliphatic carboxylic acids is 1. The Hall–Kier alpha value is -0.950. The summed E-state index contributed by atoms with van der Waals surface area (Å²) in [5.41, 5.74) is 0. The standard InChI is InChI=1S/C12H22N2O4S/c1-4-18-5-9(8(2)3)13-12(17)14-7-19-6-10(14)11(15)16/h8-10H,4-7H2,1-3H3,(H,13,17)(H,15,16)/t9?,10-/m0/s1. The molecule has 0 aromatic rings. The molecule has 0 saturated carbocycles. The van der Waals surface area contributed by atoms with Crippen LogP contribution in [0.3, 0.4) is 0 Å². The molecule has 19 heavy (non-hydrogen) atoms. The highest BCUT2D eigenvalue weighted by Crippen LogP contribution is 2.21. The zero-order chi connectivity index (χ0) is 14.4. The lowest BCUT2D eigenvalue weighted by Gasteiger charge is -2.27. The van der Waals surface area contributed by atoms with Gasteiger partial charge in [0, 0.05) is 12.4 Å². The number of hydrogen-bond donors (Lipinski definition) is 2. The SMILES string of the molecule is CCOCC(NC(=O)N1CSC[C@H]1C(=O)O)C(C)C.